The summed E-state index contributed by atoms with van der Waals surface area (Å²) in [6.45, 7) is 3.95. The Kier molecular flexibility index (Phi) is 5.99. The molecule has 0 bridgehead atoms. The average Bonchev–Trinajstić information content (AvgIpc) is 3.43. The number of hydrogen-bond acceptors (Lipinski definition) is 3. The summed E-state index contributed by atoms with van der Waals surface area (Å²) in [6, 6.07) is 25.3. The Morgan fingerprint density at radius 1 is 1.00 bits per heavy atom. The molecule has 7 rings (SSSR count). The highest BCUT2D eigenvalue weighted by molar-refractivity contribution is 7.07. The number of nitrogens with zero attached hydrogens (tertiary/aromatic N) is 3. The van der Waals surface area contributed by atoms with Gasteiger partial charge < -0.3 is 4.57 Å². The van der Waals surface area contributed by atoms with Crippen molar-refractivity contribution in [2.24, 2.45) is 4.99 Å². The first-order valence-electron chi connectivity index (χ1n) is 13.2. The zero-order chi connectivity index (χ0) is 27.5. The summed E-state index contributed by atoms with van der Waals surface area (Å²) < 4.78 is 18.7. The van der Waals surface area contributed by atoms with Crippen LogP contribution < -0.4 is 14.9 Å². The highest BCUT2D eigenvalue weighted by Gasteiger charge is 2.32. The van der Waals surface area contributed by atoms with Gasteiger partial charge in [-0.2, -0.15) is 0 Å². The van der Waals surface area contributed by atoms with Gasteiger partial charge in [0.25, 0.3) is 5.56 Å². The van der Waals surface area contributed by atoms with Gasteiger partial charge >= 0.3 is 0 Å². The Hall–Kier alpha value is -4.00. The minimum Gasteiger partial charge on any atom is -0.318 e. The molecule has 7 heteroatoms. The normalized spacial score (nSPS) is 16.4. The summed E-state index contributed by atoms with van der Waals surface area (Å²) in [7, 11) is 0. The van der Waals surface area contributed by atoms with E-state index in [4.69, 9.17) is 16.6 Å². The summed E-state index contributed by atoms with van der Waals surface area (Å²) >= 11 is 7.34. The van der Waals surface area contributed by atoms with Crippen LogP contribution in [-0.2, 0) is 6.42 Å². The third-order valence-corrected chi connectivity index (χ3v) is 9.20. The second-order valence-corrected chi connectivity index (χ2v) is 11.7. The van der Waals surface area contributed by atoms with Crippen molar-refractivity contribution in [3.05, 3.63) is 149 Å². The molecule has 0 amide bonds. The zero-order valence-corrected chi connectivity index (χ0v) is 23.6. The monoisotopic (exact) mass is 565 g/mol. The molecule has 40 heavy (non-hydrogen) atoms. The Bertz CT molecular complexity index is 2030. The first-order chi connectivity index (χ1) is 19.4. The first kappa shape index (κ1) is 25.0. The van der Waals surface area contributed by atoms with Crippen molar-refractivity contribution in [1.82, 2.24) is 9.13 Å². The maximum atomic E-state index is 14.3. The predicted octanol–water partition coefficient (Wildman–Crippen LogP) is 6.52. The molecule has 2 aromatic heterocycles. The van der Waals surface area contributed by atoms with Crippen LogP contribution in [0, 0.1) is 19.7 Å². The largest absolute Gasteiger partial charge is 0.318 e. The molecule has 1 atom stereocenters. The lowest BCUT2D eigenvalue weighted by atomic mass is 9.83. The zero-order valence-electron chi connectivity index (χ0n) is 22.0. The number of aryl methyl sites for hydroxylation is 2. The lowest BCUT2D eigenvalue weighted by molar-refractivity contribution is 0.585. The summed E-state index contributed by atoms with van der Waals surface area (Å²) in [5.74, 6) is -0.465. The van der Waals surface area contributed by atoms with Crippen LogP contribution >= 0.6 is 22.9 Å². The molecule has 3 aromatic carbocycles. The minimum atomic E-state index is -0.465. The van der Waals surface area contributed by atoms with Crippen molar-refractivity contribution in [2.75, 3.05) is 0 Å². The summed E-state index contributed by atoms with van der Waals surface area (Å²) in [5, 5.41) is 0.0887. The smallest absolute Gasteiger partial charge is 0.271 e. The Balaban J connectivity index is 1.43. The van der Waals surface area contributed by atoms with Gasteiger partial charge in [-0.15, -0.1) is 0 Å². The molecule has 0 N–H and O–H groups in total. The van der Waals surface area contributed by atoms with E-state index in [-0.39, 0.29) is 16.6 Å². The van der Waals surface area contributed by atoms with E-state index in [1.807, 2.05) is 53.3 Å². The topological polar surface area (TPSA) is 39.3 Å². The lowest BCUT2D eigenvalue weighted by Crippen LogP contribution is -2.38. The molecule has 0 radical (unpaired) electrons. The van der Waals surface area contributed by atoms with Gasteiger partial charge in [0.05, 0.1) is 21.3 Å². The van der Waals surface area contributed by atoms with Crippen LogP contribution in [0.25, 0.3) is 17.5 Å². The minimum absolute atomic E-state index is 0.0506. The lowest BCUT2D eigenvalue weighted by Gasteiger charge is -2.30. The van der Waals surface area contributed by atoms with Gasteiger partial charge in [0.2, 0.25) is 0 Å². The highest BCUT2D eigenvalue weighted by Crippen LogP contribution is 2.41. The van der Waals surface area contributed by atoms with Crippen molar-refractivity contribution in [2.45, 2.75) is 32.7 Å². The van der Waals surface area contributed by atoms with Gasteiger partial charge in [-0.1, -0.05) is 77.5 Å². The maximum Gasteiger partial charge on any atom is 0.271 e. The fourth-order valence-electron chi connectivity index (χ4n) is 6.05. The fourth-order valence-corrected chi connectivity index (χ4v) is 7.16. The van der Waals surface area contributed by atoms with E-state index < -0.39 is 5.82 Å². The SMILES string of the molecule is Cc1cc(/C=c2\sc3n(c2=O)[C@@H](c2ccccc2)C2=C(N=3)c3ccccc3CC2)c(C)n1-c1ccc(Cl)c(F)c1. The van der Waals surface area contributed by atoms with Gasteiger partial charge in [0.15, 0.2) is 4.80 Å². The Labute approximate surface area is 239 Å². The Morgan fingerprint density at radius 3 is 2.58 bits per heavy atom. The van der Waals surface area contributed by atoms with Gasteiger partial charge in [-0.25, -0.2) is 9.38 Å². The number of aromatic nitrogens is 2. The maximum absolute atomic E-state index is 14.3. The second-order valence-electron chi connectivity index (χ2n) is 10.3. The highest BCUT2D eigenvalue weighted by atomic mass is 35.5. The first-order valence-corrected chi connectivity index (χ1v) is 14.4. The standard InChI is InChI=1S/C33H25ClFN3OS/c1-19-16-23(20(2)37(19)24-13-15-27(34)28(35)18-24)17-29-32(39)38-31(22-9-4-3-5-10-22)26-14-12-21-8-6-7-11-25(21)30(26)36-33(38)40-29/h3-11,13,15-18,31H,12,14H2,1-2H3/b29-17-/t31-/m0/s1. The molecule has 0 saturated carbocycles. The molecule has 5 aromatic rings. The van der Waals surface area contributed by atoms with Gasteiger partial charge in [-0.05, 0) is 79.3 Å². The van der Waals surface area contributed by atoms with Crippen LogP contribution in [-0.4, -0.2) is 9.13 Å². The predicted molar refractivity (Wildman–Crippen MR) is 159 cm³/mol. The molecule has 1 aliphatic heterocycles. The molecule has 4 nitrogen and oxygen atoms in total. The molecule has 2 aliphatic rings. The van der Waals surface area contributed by atoms with Crippen molar-refractivity contribution in [3.63, 3.8) is 0 Å². The van der Waals surface area contributed by atoms with E-state index in [1.54, 1.807) is 12.1 Å². The van der Waals surface area contributed by atoms with Crippen molar-refractivity contribution in [3.8, 4) is 5.69 Å². The van der Waals surface area contributed by atoms with Gasteiger partial charge in [0, 0.05) is 22.6 Å². The van der Waals surface area contributed by atoms with Crippen molar-refractivity contribution >= 4 is 34.7 Å². The summed E-state index contributed by atoms with van der Waals surface area (Å²) in [4.78, 5) is 19.9. The number of allylic oxidation sites excluding steroid dienone is 1. The van der Waals surface area contributed by atoms with E-state index in [1.165, 1.54) is 28.5 Å². The second kappa shape index (κ2) is 9.58. The van der Waals surface area contributed by atoms with E-state index in [0.717, 1.165) is 46.6 Å². The molecule has 0 saturated heterocycles. The van der Waals surface area contributed by atoms with E-state index in [9.17, 15) is 9.18 Å². The summed E-state index contributed by atoms with van der Waals surface area (Å²) in [5.41, 5.74) is 9.11. The molecule has 1 aliphatic carbocycles. The third-order valence-electron chi connectivity index (χ3n) is 7.91. The molecule has 3 heterocycles. The van der Waals surface area contributed by atoms with Gasteiger partial charge in [-0.3, -0.25) is 9.36 Å². The number of benzene rings is 3. The molecular formula is C33H25ClFN3OS. The average molecular weight is 566 g/mol. The number of fused-ring (bicyclic) bond motifs is 3. The number of rotatable bonds is 3. The molecule has 0 unspecified atom stereocenters. The van der Waals surface area contributed by atoms with Crippen LogP contribution in [0.1, 0.15) is 46.1 Å². The quantitative estimate of drug-likeness (QED) is 0.245. The third kappa shape index (κ3) is 3.94. The summed E-state index contributed by atoms with van der Waals surface area (Å²) in [6.07, 6.45) is 3.72. The fraction of sp³-hybridized carbons (Fsp3) is 0.152. The molecule has 198 valence electrons. The molecular weight excluding hydrogens is 541 g/mol. The van der Waals surface area contributed by atoms with Crippen LogP contribution in [0.3, 0.4) is 0 Å². The number of halogens is 2. The number of thiazole rings is 1. The van der Waals surface area contributed by atoms with Crippen molar-refractivity contribution in [1.29, 1.82) is 0 Å². The van der Waals surface area contributed by atoms with E-state index in [2.05, 4.69) is 36.4 Å². The van der Waals surface area contributed by atoms with Crippen LogP contribution in [0.4, 0.5) is 4.39 Å². The molecule has 0 fully saturated rings. The van der Waals surface area contributed by atoms with E-state index >= 15 is 0 Å². The van der Waals surface area contributed by atoms with Crippen LogP contribution in [0.15, 0.2) is 94.2 Å². The van der Waals surface area contributed by atoms with Gasteiger partial charge in [0.1, 0.15) is 5.82 Å². The van der Waals surface area contributed by atoms with Crippen LogP contribution in [0.5, 0.6) is 0 Å². The van der Waals surface area contributed by atoms with Crippen molar-refractivity contribution < 1.29 is 4.39 Å². The number of hydrogen-bond donors (Lipinski definition) is 0. The Morgan fingerprint density at radius 2 is 1.77 bits per heavy atom. The molecule has 0 spiro atoms. The van der Waals surface area contributed by atoms with E-state index in [0.29, 0.717) is 15.0 Å². The van der Waals surface area contributed by atoms with Crippen LogP contribution in [0.2, 0.25) is 5.02 Å².